The predicted octanol–water partition coefficient (Wildman–Crippen LogP) is 3.30. The molecule has 1 N–H and O–H groups in total. The van der Waals surface area contributed by atoms with E-state index in [-0.39, 0.29) is 6.10 Å². The first kappa shape index (κ1) is 12.3. The molecule has 0 spiro atoms. The Bertz CT molecular complexity index is 436. The summed E-state index contributed by atoms with van der Waals surface area (Å²) in [6.45, 7) is 0. The molecule has 0 saturated heterocycles. The van der Waals surface area contributed by atoms with Gasteiger partial charge < -0.3 is 9.84 Å². The molecular formula is C15H19ClO2. The largest absolute Gasteiger partial charge is 0.496 e. The van der Waals surface area contributed by atoms with Crippen molar-refractivity contribution in [3.05, 3.63) is 28.8 Å². The standard InChI is InChI=1S/C15H19ClO2/c1-18-15-3-2-13(16)7-12(15)8-14(17)11-5-9-4-10(9)6-11/h2-3,7,9-11,14,17H,4-6,8H2,1H3. The first-order valence-corrected chi connectivity index (χ1v) is 7.05. The number of aliphatic hydroxyl groups excluding tert-OH is 1. The molecule has 1 aromatic carbocycles. The molecule has 0 aliphatic heterocycles. The normalized spacial score (nSPS) is 30.9. The molecule has 0 radical (unpaired) electrons. The summed E-state index contributed by atoms with van der Waals surface area (Å²) in [6, 6.07) is 5.59. The minimum atomic E-state index is -0.259. The molecule has 18 heavy (non-hydrogen) atoms. The van der Waals surface area contributed by atoms with Gasteiger partial charge in [0.1, 0.15) is 5.75 Å². The van der Waals surface area contributed by atoms with Gasteiger partial charge in [0.25, 0.3) is 0 Å². The number of halogens is 1. The van der Waals surface area contributed by atoms with E-state index in [1.165, 1.54) is 19.3 Å². The lowest BCUT2D eigenvalue weighted by molar-refractivity contribution is 0.103. The van der Waals surface area contributed by atoms with Crippen LogP contribution in [0.2, 0.25) is 5.02 Å². The number of methoxy groups -OCH3 is 1. The number of hydrogen-bond donors (Lipinski definition) is 1. The van der Waals surface area contributed by atoms with Crippen molar-refractivity contribution in [3.8, 4) is 5.75 Å². The molecule has 2 saturated carbocycles. The van der Waals surface area contributed by atoms with Crippen molar-refractivity contribution >= 4 is 11.6 Å². The van der Waals surface area contributed by atoms with Crippen molar-refractivity contribution < 1.29 is 9.84 Å². The number of benzene rings is 1. The third kappa shape index (κ3) is 2.36. The minimum Gasteiger partial charge on any atom is -0.496 e. The molecule has 0 heterocycles. The summed E-state index contributed by atoms with van der Waals surface area (Å²) in [6.07, 6.45) is 4.19. The Morgan fingerprint density at radius 2 is 2.06 bits per heavy atom. The van der Waals surface area contributed by atoms with Gasteiger partial charge in [0.15, 0.2) is 0 Å². The zero-order valence-electron chi connectivity index (χ0n) is 10.6. The fraction of sp³-hybridized carbons (Fsp3) is 0.600. The van der Waals surface area contributed by atoms with Gasteiger partial charge in [-0.25, -0.2) is 0 Å². The SMILES string of the molecule is COc1ccc(Cl)cc1CC(O)C1CC2CC2C1. The average Bonchev–Trinajstić information content (AvgIpc) is 2.96. The van der Waals surface area contributed by atoms with E-state index in [1.54, 1.807) is 7.11 Å². The Balaban J connectivity index is 1.69. The highest BCUT2D eigenvalue weighted by molar-refractivity contribution is 6.30. The van der Waals surface area contributed by atoms with Crippen LogP contribution >= 0.6 is 11.6 Å². The van der Waals surface area contributed by atoms with Crippen LogP contribution in [0.3, 0.4) is 0 Å². The predicted molar refractivity (Wildman–Crippen MR) is 72.0 cm³/mol. The van der Waals surface area contributed by atoms with E-state index in [0.29, 0.717) is 17.4 Å². The summed E-state index contributed by atoms with van der Waals surface area (Å²) >= 11 is 6.01. The molecule has 3 unspecified atom stereocenters. The summed E-state index contributed by atoms with van der Waals surface area (Å²) in [5.41, 5.74) is 1.01. The third-order valence-electron chi connectivity index (χ3n) is 4.50. The molecule has 3 rings (SSSR count). The van der Waals surface area contributed by atoms with Crippen LogP contribution in [0.1, 0.15) is 24.8 Å². The van der Waals surface area contributed by atoms with Crippen molar-refractivity contribution in [1.29, 1.82) is 0 Å². The fourth-order valence-electron chi connectivity index (χ4n) is 3.37. The second-order valence-electron chi connectivity index (χ2n) is 5.71. The maximum absolute atomic E-state index is 10.4. The van der Waals surface area contributed by atoms with Gasteiger partial charge in [0, 0.05) is 11.4 Å². The molecule has 3 atom stereocenters. The van der Waals surface area contributed by atoms with Gasteiger partial charge in [-0.1, -0.05) is 11.6 Å². The molecule has 2 aliphatic carbocycles. The van der Waals surface area contributed by atoms with Crippen LogP contribution < -0.4 is 4.74 Å². The Labute approximate surface area is 113 Å². The number of ether oxygens (including phenoxy) is 1. The van der Waals surface area contributed by atoms with Crippen LogP contribution in [0.4, 0.5) is 0 Å². The van der Waals surface area contributed by atoms with E-state index < -0.39 is 0 Å². The van der Waals surface area contributed by atoms with Gasteiger partial charge in [-0.05, 0) is 60.8 Å². The van der Waals surface area contributed by atoms with E-state index in [4.69, 9.17) is 16.3 Å². The van der Waals surface area contributed by atoms with Crippen LogP contribution in [0, 0.1) is 17.8 Å². The summed E-state index contributed by atoms with van der Waals surface area (Å²) in [7, 11) is 1.66. The van der Waals surface area contributed by atoms with Gasteiger partial charge in [0.2, 0.25) is 0 Å². The maximum Gasteiger partial charge on any atom is 0.122 e. The first-order chi connectivity index (χ1) is 8.67. The van der Waals surface area contributed by atoms with E-state index in [9.17, 15) is 5.11 Å². The Morgan fingerprint density at radius 1 is 1.33 bits per heavy atom. The minimum absolute atomic E-state index is 0.259. The second-order valence-corrected chi connectivity index (χ2v) is 6.15. The molecule has 1 aromatic rings. The quantitative estimate of drug-likeness (QED) is 0.906. The zero-order chi connectivity index (χ0) is 12.7. The zero-order valence-corrected chi connectivity index (χ0v) is 11.4. The van der Waals surface area contributed by atoms with Crippen molar-refractivity contribution in [1.82, 2.24) is 0 Å². The molecule has 3 heteroatoms. The first-order valence-electron chi connectivity index (χ1n) is 6.68. The third-order valence-corrected chi connectivity index (χ3v) is 4.73. The summed E-state index contributed by atoms with van der Waals surface area (Å²) in [5.74, 6) is 3.11. The lowest BCUT2D eigenvalue weighted by Gasteiger charge is -2.20. The number of fused-ring (bicyclic) bond motifs is 1. The number of aliphatic hydroxyl groups is 1. The molecule has 0 aromatic heterocycles. The van der Waals surface area contributed by atoms with Gasteiger partial charge in [-0.2, -0.15) is 0 Å². The average molecular weight is 267 g/mol. The Morgan fingerprint density at radius 3 is 2.72 bits per heavy atom. The van der Waals surface area contributed by atoms with Crippen molar-refractivity contribution in [2.45, 2.75) is 31.8 Å². The molecule has 2 nitrogen and oxygen atoms in total. The van der Waals surface area contributed by atoms with E-state index in [0.717, 1.165) is 23.1 Å². The van der Waals surface area contributed by atoms with E-state index in [2.05, 4.69) is 0 Å². The maximum atomic E-state index is 10.4. The lowest BCUT2D eigenvalue weighted by atomic mass is 9.92. The van der Waals surface area contributed by atoms with Crippen molar-refractivity contribution in [3.63, 3.8) is 0 Å². The Kier molecular flexibility index (Phi) is 3.25. The van der Waals surface area contributed by atoms with Gasteiger partial charge in [0.05, 0.1) is 13.2 Å². The number of rotatable bonds is 4. The lowest BCUT2D eigenvalue weighted by Crippen LogP contribution is -2.22. The fourth-order valence-corrected chi connectivity index (χ4v) is 3.57. The molecular weight excluding hydrogens is 248 g/mol. The monoisotopic (exact) mass is 266 g/mol. The van der Waals surface area contributed by atoms with Gasteiger partial charge >= 0.3 is 0 Å². The highest BCUT2D eigenvalue weighted by Crippen LogP contribution is 2.55. The van der Waals surface area contributed by atoms with Crippen LogP contribution in [-0.2, 0) is 6.42 Å². The molecule has 98 valence electrons. The van der Waals surface area contributed by atoms with E-state index >= 15 is 0 Å². The smallest absolute Gasteiger partial charge is 0.122 e. The van der Waals surface area contributed by atoms with Gasteiger partial charge in [-0.15, -0.1) is 0 Å². The highest BCUT2D eigenvalue weighted by atomic mass is 35.5. The highest BCUT2D eigenvalue weighted by Gasteiger charge is 2.47. The van der Waals surface area contributed by atoms with Crippen molar-refractivity contribution in [2.24, 2.45) is 17.8 Å². The molecule has 2 aliphatic rings. The molecule has 2 fully saturated rings. The summed E-state index contributed by atoms with van der Waals surface area (Å²) in [4.78, 5) is 0. The Hall–Kier alpha value is -0.730. The van der Waals surface area contributed by atoms with Crippen LogP contribution in [0.25, 0.3) is 0 Å². The topological polar surface area (TPSA) is 29.5 Å². The second kappa shape index (κ2) is 4.75. The molecule has 0 amide bonds. The molecule has 0 bridgehead atoms. The van der Waals surface area contributed by atoms with Crippen LogP contribution in [-0.4, -0.2) is 18.3 Å². The van der Waals surface area contributed by atoms with Crippen LogP contribution in [0.15, 0.2) is 18.2 Å². The van der Waals surface area contributed by atoms with Gasteiger partial charge in [-0.3, -0.25) is 0 Å². The summed E-state index contributed by atoms with van der Waals surface area (Å²) in [5, 5.41) is 11.1. The van der Waals surface area contributed by atoms with E-state index in [1.807, 2.05) is 18.2 Å². The van der Waals surface area contributed by atoms with Crippen LogP contribution in [0.5, 0.6) is 5.75 Å². The number of hydrogen-bond acceptors (Lipinski definition) is 2. The van der Waals surface area contributed by atoms with Crippen molar-refractivity contribution in [2.75, 3.05) is 7.11 Å². The summed E-state index contributed by atoms with van der Waals surface area (Å²) < 4.78 is 5.32.